The van der Waals surface area contributed by atoms with Gasteiger partial charge in [0.25, 0.3) is 0 Å². The van der Waals surface area contributed by atoms with Crippen molar-refractivity contribution in [3.63, 3.8) is 0 Å². The van der Waals surface area contributed by atoms with E-state index in [2.05, 4.69) is 36.3 Å². The summed E-state index contributed by atoms with van der Waals surface area (Å²) >= 11 is 0. The van der Waals surface area contributed by atoms with Crippen LogP contribution in [0, 0.1) is 11.3 Å². The quantitative estimate of drug-likeness (QED) is 0.361. The highest BCUT2D eigenvalue weighted by molar-refractivity contribution is 14.0. The minimum Gasteiger partial charge on any atom is -0.377 e. The van der Waals surface area contributed by atoms with E-state index in [1.807, 2.05) is 0 Å². The maximum absolute atomic E-state index is 6.06. The number of nitrogens with zero attached hydrogens (tertiary/aromatic N) is 2. The maximum atomic E-state index is 6.06. The fourth-order valence-electron chi connectivity index (χ4n) is 5.95. The Morgan fingerprint density at radius 1 is 1.11 bits per heavy atom. The van der Waals surface area contributed by atoms with Gasteiger partial charge in [-0.3, -0.25) is 9.89 Å². The number of ether oxygens (including phenoxy) is 1. The molecule has 4 rings (SSSR count). The molecule has 0 aromatic carbocycles. The largest absolute Gasteiger partial charge is 0.377 e. The Balaban J connectivity index is 0.00000210. The van der Waals surface area contributed by atoms with Gasteiger partial charge >= 0.3 is 0 Å². The van der Waals surface area contributed by atoms with Crippen molar-refractivity contribution in [2.45, 2.75) is 89.9 Å². The SMILES string of the molecule is CCN=C(NC1CCN(C2CCCC2)C1)NC1C2CCCOC2C1(C)C.I. The van der Waals surface area contributed by atoms with E-state index in [9.17, 15) is 0 Å². The van der Waals surface area contributed by atoms with Crippen molar-refractivity contribution in [1.29, 1.82) is 0 Å². The number of nitrogens with one attached hydrogen (secondary N) is 2. The predicted octanol–water partition coefficient (Wildman–Crippen LogP) is 3.38. The number of hydrogen-bond acceptors (Lipinski definition) is 3. The van der Waals surface area contributed by atoms with Crippen molar-refractivity contribution in [1.82, 2.24) is 15.5 Å². The average molecular weight is 490 g/mol. The van der Waals surface area contributed by atoms with Crippen LogP contribution < -0.4 is 10.6 Å². The van der Waals surface area contributed by atoms with Gasteiger partial charge in [-0.05, 0) is 39.0 Å². The summed E-state index contributed by atoms with van der Waals surface area (Å²) in [5.41, 5.74) is 0.187. The molecular formula is C21H39IN4O. The molecule has 4 aliphatic rings. The fraction of sp³-hybridized carbons (Fsp3) is 0.952. The normalized spacial score (nSPS) is 36.6. The van der Waals surface area contributed by atoms with Gasteiger partial charge in [-0.15, -0.1) is 24.0 Å². The summed E-state index contributed by atoms with van der Waals surface area (Å²) in [6.07, 6.45) is 9.78. The first-order valence-electron chi connectivity index (χ1n) is 11.0. The van der Waals surface area contributed by atoms with E-state index >= 15 is 0 Å². The van der Waals surface area contributed by atoms with Gasteiger partial charge in [0.1, 0.15) is 0 Å². The van der Waals surface area contributed by atoms with Crippen molar-refractivity contribution in [3.05, 3.63) is 0 Å². The van der Waals surface area contributed by atoms with Crippen LogP contribution in [0.3, 0.4) is 0 Å². The molecule has 0 spiro atoms. The molecule has 4 atom stereocenters. The first-order valence-corrected chi connectivity index (χ1v) is 11.0. The first-order chi connectivity index (χ1) is 12.6. The van der Waals surface area contributed by atoms with Crippen LogP contribution in [0.4, 0.5) is 0 Å². The van der Waals surface area contributed by atoms with Crippen LogP contribution in [0.2, 0.25) is 0 Å². The molecule has 0 aromatic rings. The molecule has 0 aromatic heterocycles. The Bertz CT molecular complexity index is 520. The van der Waals surface area contributed by atoms with Crippen molar-refractivity contribution in [2.24, 2.45) is 16.3 Å². The minimum atomic E-state index is 0. The Morgan fingerprint density at radius 2 is 1.89 bits per heavy atom. The number of fused-ring (bicyclic) bond motifs is 1. The molecule has 0 amide bonds. The predicted molar refractivity (Wildman–Crippen MR) is 122 cm³/mol. The topological polar surface area (TPSA) is 48.9 Å². The van der Waals surface area contributed by atoms with Crippen LogP contribution in [-0.2, 0) is 4.74 Å². The molecule has 2 aliphatic heterocycles. The van der Waals surface area contributed by atoms with Crippen LogP contribution in [0.5, 0.6) is 0 Å². The molecule has 156 valence electrons. The van der Waals surface area contributed by atoms with Gasteiger partial charge in [-0.1, -0.05) is 26.7 Å². The summed E-state index contributed by atoms with van der Waals surface area (Å²) in [6.45, 7) is 11.0. The Labute approximate surface area is 182 Å². The highest BCUT2D eigenvalue weighted by atomic mass is 127. The number of guanidine groups is 1. The zero-order valence-electron chi connectivity index (χ0n) is 17.4. The van der Waals surface area contributed by atoms with E-state index in [-0.39, 0.29) is 29.4 Å². The molecule has 0 bridgehead atoms. The Hall–Kier alpha value is -0.0800. The molecule has 2 heterocycles. The molecule has 2 saturated carbocycles. The van der Waals surface area contributed by atoms with Gasteiger partial charge in [0.2, 0.25) is 0 Å². The summed E-state index contributed by atoms with van der Waals surface area (Å²) in [7, 11) is 0. The van der Waals surface area contributed by atoms with Gasteiger partial charge in [0.15, 0.2) is 5.96 Å². The summed E-state index contributed by atoms with van der Waals surface area (Å²) in [5.74, 6) is 1.66. The molecule has 2 aliphatic carbocycles. The van der Waals surface area contributed by atoms with E-state index < -0.39 is 0 Å². The third-order valence-electron chi connectivity index (χ3n) is 7.34. The van der Waals surface area contributed by atoms with Gasteiger partial charge < -0.3 is 15.4 Å². The van der Waals surface area contributed by atoms with Gasteiger partial charge in [0.05, 0.1) is 6.10 Å². The fourth-order valence-corrected chi connectivity index (χ4v) is 5.95. The number of halogens is 1. The van der Waals surface area contributed by atoms with Crippen molar-refractivity contribution >= 4 is 29.9 Å². The second-order valence-electron chi connectivity index (χ2n) is 9.43. The Kier molecular flexibility index (Phi) is 7.34. The van der Waals surface area contributed by atoms with E-state index in [1.165, 1.54) is 58.0 Å². The van der Waals surface area contributed by atoms with Crippen LogP contribution in [0.1, 0.15) is 65.7 Å². The Morgan fingerprint density at radius 3 is 2.63 bits per heavy atom. The van der Waals surface area contributed by atoms with Crippen LogP contribution in [0.25, 0.3) is 0 Å². The van der Waals surface area contributed by atoms with E-state index in [4.69, 9.17) is 9.73 Å². The number of hydrogen-bond donors (Lipinski definition) is 2. The third-order valence-corrected chi connectivity index (χ3v) is 7.34. The lowest BCUT2D eigenvalue weighted by molar-refractivity contribution is -0.188. The molecular weight excluding hydrogens is 451 g/mol. The highest BCUT2D eigenvalue weighted by Crippen LogP contribution is 2.51. The third kappa shape index (κ3) is 4.42. The monoisotopic (exact) mass is 490 g/mol. The average Bonchev–Trinajstić information content (AvgIpc) is 3.31. The maximum Gasteiger partial charge on any atom is 0.191 e. The van der Waals surface area contributed by atoms with Crippen molar-refractivity contribution < 1.29 is 4.74 Å². The standard InChI is InChI=1S/C21H38N4O.HI/c1-4-22-20(23-15-11-12-25(14-15)16-8-5-6-9-16)24-18-17-10-7-13-26-19(17)21(18,2)3;/h15-19H,4-14H2,1-3H3,(H2,22,23,24);1H. The summed E-state index contributed by atoms with van der Waals surface area (Å²) in [5, 5.41) is 7.55. The number of likely N-dealkylation sites (tertiary alicyclic amines) is 1. The second kappa shape index (κ2) is 9.16. The lowest BCUT2D eigenvalue weighted by atomic mass is 9.55. The van der Waals surface area contributed by atoms with Crippen LogP contribution in [-0.4, -0.2) is 61.3 Å². The van der Waals surface area contributed by atoms with E-state index in [0.29, 0.717) is 24.1 Å². The summed E-state index contributed by atoms with van der Waals surface area (Å²) in [6, 6.07) is 1.85. The molecule has 2 N–H and O–H groups in total. The van der Waals surface area contributed by atoms with Gasteiger partial charge in [-0.2, -0.15) is 0 Å². The van der Waals surface area contributed by atoms with Crippen molar-refractivity contribution in [3.8, 4) is 0 Å². The number of aliphatic imine (C=N–C) groups is 1. The molecule has 5 nitrogen and oxygen atoms in total. The zero-order valence-corrected chi connectivity index (χ0v) is 19.7. The lowest BCUT2D eigenvalue weighted by Crippen LogP contribution is -2.71. The van der Waals surface area contributed by atoms with Crippen LogP contribution >= 0.6 is 24.0 Å². The molecule has 4 unspecified atom stereocenters. The van der Waals surface area contributed by atoms with E-state index in [0.717, 1.165) is 25.2 Å². The van der Waals surface area contributed by atoms with Crippen LogP contribution in [0.15, 0.2) is 4.99 Å². The molecule has 2 saturated heterocycles. The van der Waals surface area contributed by atoms with Gasteiger partial charge in [-0.25, -0.2) is 0 Å². The summed E-state index contributed by atoms with van der Waals surface area (Å²) < 4.78 is 6.06. The second-order valence-corrected chi connectivity index (χ2v) is 9.43. The zero-order chi connectivity index (χ0) is 18.1. The van der Waals surface area contributed by atoms with Gasteiger partial charge in [0, 0.05) is 55.7 Å². The number of rotatable bonds is 4. The highest BCUT2D eigenvalue weighted by Gasteiger charge is 2.58. The molecule has 27 heavy (non-hydrogen) atoms. The molecule has 6 heteroatoms. The smallest absolute Gasteiger partial charge is 0.191 e. The van der Waals surface area contributed by atoms with E-state index in [1.54, 1.807) is 0 Å². The summed E-state index contributed by atoms with van der Waals surface area (Å²) in [4.78, 5) is 7.49. The molecule has 4 fully saturated rings. The minimum absolute atomic E-state index is 0. The molecule has 0 radical (unpaired) electrons. The van der Waals surface area contributed by atoms with Crippen molar-refractivity contribution in [2.75, 3.05) is 26.2 Å². The first kappa shape index (κ1) is 21.6. The lowest BCUT2D eigenvalue weighted by Gasteiger charge is -2.60.